The molecule has 0 aromatic carbocycles. The maximum Gasteiger partial charge on any atom is 0.254 e. The quantitative estimate of drug-likeness (QED) is 0.804. The maximum absolute atomic E-state index is 12.6. The molecule has 0 bridgehead atoms. The van der Waals surface area contributed by atoms with Crippen LogP contribution in [0.3, 0.4) is 0 Å². The molecule has 3 rings (SSSR count). The second-order valence-electron chi connectivity index (χ2n) is 6.86. The van der Waals surface area contributed by atoms with Crippen LogP contribution in [0.2, 0.25) is 0 Å². The first-order valence-electron chi connectivity index (χ1n) is 8.64. The number of hydrogen-bond acceptors (Lipinski definition) is 5. The lowest BCUT2D eigenvalue weighted by atomic mass is 10.2. The molecule has 1 aliphatic heterocycles. The fourth-order valence-corrected chi connectivity index (χ4v) is 3.01. The van der Waals surface area contributed by atoms with Crippen LogP contribution >= 0.6 is 0 Å². The zero-order valence-corrected chi connectivity index (χ0v) is 15.4. The fraction of sp³-hybridized carbons (Fsp3) is 0.421. The van der Waals surface area contributed by atoms with E-state index < -0.39 is 0 Å². The average molecular weight is 356 g/mol. The molecule has 3 heterocycles. The summed E-state index contributed by atoms with van der Waals surface area (Å²) in [6.45, 7) is 1.88. The molecule has 0 N–H and O–H groups in total. The topological polar surface area (TPSA) is 67.7 Å². The van der Waals surface area contributed by atoms with Crippen LogP contribution in [-0.2, 0) is 13.6 Å². The minimum absolute atomic E-state index is 0.0555. The van der Waals surface area contributed by atoms with E-state index in [1.54, 1.807) is 30.4 Å². The second-order valence-corrected chi connectivity index (χ2v) is 6.86. The van der Waals surface area contributed by atoms with Crippen LogP contribution in [0.4, 0.5) is 0 Å². The molecule has 2 aromatic heterocycles. The summed E-state index contributed by atoms with van der Waals surface area (Å²) in [7, 11) is 5.65. The highest BCUT2D eigenvalue weighted by Gasteiger charge is 2.28. The smallest absolute Gasteiger partial charge is 0.254 e. The molecule has 1 unspecified atom stereocenters. The molecule has 1 saturated heterocycles. The first kappa shape index (κ1) is 18.1. The highest BCUT2D eigenvalue weighted by molar-refractivity contribution is 5.94. The zero-order valence-electron chi connectivity index (χ0n) is 15.4. The molecule has 7 heteroatoms. The van der Waals surface area contributed by atoms with Crippen LogP contribution in [0, 0.1) is 0 Å². The molecule has 0 radical (unpaired) electrons. The second kappa shape index (κ2) is 7.70. The first-order valence-corrected chi connectivity index (χ1v) is 8.64. The van der Waals surface area contributed by atoms with Crippen molar-refractivity contribution < 1.29 is 9.53 Å². The van der Waals surface area contributed by atoms with E-state index in [-0.39, 0.29) is 17.6 Å². The third kappa shape index (κ3) is 4.29. The third-order valence-corrected chi connectivity index (χ3v) is 4.35. The summed E-state index contributed by atoms with van der Waals surface area (Å²) in [5.74, 6) is 0.640. The lowest BCUT2D eigenvalue weighted by Crippen LogP contribution is -2.32. The summed E-state index contributed by atoms with van der Waals surface area (Å²) < 4.78 is 7.48. The number of rotatable bonds is 5. The number of pyridine rings is 2. The van der Waals surface area contributed by atoms with Gasteiger partial charge in [-0.05, 0) is 26.2 Å². The zero-order chi connectivity index (χ0) is 18.7. The first-order chi connectivity index (χ1) is 12.4. The lowest BCUT2D eigenvalue weighted by molar-refractivity contribution is 0.0772. The van der Waals surface area contributed by atoms with Crippen molar-refractivity contribution in [1.29, 1.82) is 0 Å². The van der Waals surface area contributed by atoms with Gasteiger partial charge in [0.2, 0.25) is 0 Å². The monoisotopic (exact) mass is 356 g/mol. The Morgan fingerprint density at radius 2 is 2.15 bits per heavy atom. The van der Waals surface area contributed by atoms with E-state index in [4.69, 9.17) is 4.74 Å². The van der Waals surface area contributed by atoms with E-state index in [2.05, 4.69) is 4.98 Å². The molecule has 138 valence electrons. The minimum atomic E-state index is -0.187. The van der Waals surface area contributed by atoms with Gasteiger partial charge in [0.1, 0.15) is 11.9 Å². The van der Waals surface area contributed by atoms with Gasteiger partial charge in [-0.1, -0.05) is 0 Å². The number of carbonyl (C=O) groups is 1. The summed E-state index contributed by atoms with van der Waals surface area (Å²) in [5.41, 5.74) is 1.18. The molecule has 26 heavy (non-hydrogen) atoms. The van der Waals surface area contributed by atoms with E-state index >= 15 is 0 Å². The molecule has 1 atom stereocenters. The van der Waals surface area contributed by atoms with Crippen molar-refractivity contribution in [2.75, 3.05) is 27.2 Å². The molecular weight excluding hydrogens is 332 g/mol. The fourth-order valence-electron chi connectivity index (χ4n) is 3.01. The molecule has 2 aromatic rings. The van der Waals surface area contributed by atoms with Crippen molar-refractivity contribution in [3.05, 3.63) is 58.3 Å². The van der Waals surface area contributed by atoms with E-state index in [0.29, 0.717) is 18.7 Å². The maximum atomic E-state index is 12.6. The van der Waals surface area contributed by atoms with Gasteiger partial charge in [-0.25, -0.2) is 0 Å². The van der Waals surface area contributed by atoms with Crippen molar-refractivity contribution in [3.8, 4) is 5.75 Å². The van der Waals surface area contributed by atoms with Crippen molar-refractivity contribution in [3.63, 3.8) is 0 Å². The Balaban J connectivity index is 1.62. The number of nitrogens with zero attached hydrogens (tertiary/aromatic N) is 4. The SMILES string of the molecule is CN(C)Cc1cc(OC2CCN(C(=O)c3ccn(C)c(=O)c3)C2)ccn1. The Morgan fingerprint density at radius 1 is 1.35 bits per heavy atom. The Hall–Kier alpha value is -2.67. The highest BCUT2D eigenvalue weighted by Crippen LogP contribution is 2.20. The van der Waals surface area contributed by atoms with Gasteiger partial charge in [0.25, 0.3) is 11.5 Å². The Labute approximate surface area is 152 Å². The van der Waals surface area contributed by atoms with Gasteiger partial charge >= 0.3 is 0 Å². The van der Waals surface area contributed by atoms with Crippen LogP contribution in [0.1, 0.15) is 22.5 Å². The van der Waals surface area contributed by atoms with Crippen molar-refractivity contribution in [2.24, 2.45) is 7.05 Å². The number of carbonyl (C=O) groups excluding carboxylic acids is 1. The molecule has 7 nitrogen and oxygen atoms in total. The standard InChI is InChI=1S/C19H24N4O3/c1-21(2)12-15-11-16(4-7-20-15)26-17-6-9-23(13-17)19(25)14-5-8-22(3)18(24)10-14/h4-5,7-8,10-11,17H,6,9,12-13H2,1-3H3. The molecular formula is C19H24N4O3. The highest BCUT2D eigenvalue weighted by atomic mass is 16.5. The van der Waals surface area contributed by atoms with Gasteiger partial charge in [-0.15, -0.1) is 0 Å². The van der Waals surface area contributed by atoms with E-state index in [0.717, 1.165) is 24.4 Å². The molecule has 1 fully saturated rings. The molecule has 0 spiro atoms. The minimum Gasteiger partial charge on any atom is -0.488 e. The molecule has 1 aliphatic rings. The van der Waals surface area contributed by atoms with Gasteiger partial charge in [-0.3, -0.25) is 14.6 Å². The Morgan fingerprint density at radius 3 is 2.88 bits per heavy atom. The summed E-state index contributed by atoms with van der Waals surface area (Å²) >= 11 is 0. The normalized spacial score (nSPS) is 16.9. The Kier molecular flexibility index (Phi) is 5.37. The summed E-state index contributed by atoms with van der Waals surface area (Å²) in [5, 5.41) is 0. The van der Waals surface area contributed by atoms with Crippen LogP contribution in [0.25, 0.3) is 0 Å². The Bertz CT molecular complexity index is 847. The summed E-state index contributed by atoms with van der Waals surface area (Å²) in [4.78, 5) is 32.4. The number of amides is 1. The van der Waals surface area contributed by atoms with E-state index in [9.17, 15) is 9.59 Å². The predicted molar refractivity (Wildman–Crippen MR) is 98.2 cm³/mol. The van der Waals surface area contributed by atoms with Crippen LogP contribution in [-0.4, -0.2) is 58.5 Å². The number of aromatic nitrogens is 2. The van der Waals surface area contributed by atoms with Crippen LogP contribution in [0.15, 0.2) is 41.5 Å². The molecule has 0 aliphatic carbocycles. The van der Waals surface area contributed by atoms with Gasteiger partial charge < -0.3 is 19.1 Å². The average Bonchev–Trinajstić information content (AvgIpc) is 3.05. The number of hydrogen-bond donors (Lipinski definition) is 0. The molecule has 0 saturated carbocycles. The van der Waals surface area contributed by atoms with Crippen LogP contribution < -0.4 is 10.3 Å². The third-order valence-electron chi connectivity index (χ3n) is 4.35. The van der Waals surface area contributed by atoms with Gasteiger partial charge in [-0.2, -0.15) is 0 Å². The number of likely N-dealkylation sites (tertiary alicyclic amines) is 1. The summed E-state index contributed by atoms with van der Waals surface area (Å²) in [6, 6.07) is 6.83. The van der Waals surface area contributed by atoms with Gasteiger partial charge in [0.05, 0.1) is 12.2 Å². The van der Waals surface area contributed by atoms with Gasteiger partial charge in [0, 0.05) is 56.6 Å². The van der Waals surface area contributed by atoms with Crippen LogP contribution in [0.5, 0.6) is 5.75 Å². The van der Waals surface area contributed by atoms with Crippen molar-refractivity contribution in [1.82, 2.24) is 19.4 Å². The number of aryl methyl sites for hydroxylation is 1. The van der Waals surface area contributed by atoms with E-state index in [1.165, 1.54) is 10.6 Å². The van der Waals surface area contributed by atoms with Gasteiger partial charge in [0.15, 0.2) is 0 Å². The van der Waals surface area contributed by atoms with E-state index in [1.807, 2.05) is 31.1 Å². The molecule has 1 amide bonds. The number of ether oxygens (including phenoxy) is 1. The lowest BCUT2D eigenvalue weighted by Gasteiger charge is -2.18. The predicted octanol–water partition coefficient (Wildman–Crippen LogP) is 1.14. The van der Waals surface area contributed by atoms with Crippen molar-refractivity contribution in [2.45, 2.75) is 19.1 Å². The summed E-state index contributed by atoms with van der Waals surface area (Å²) in [6.07, 6.45) is 4.07. The largest absolute Gasteiger partial charge is 0.488 e. The van der Waals surface area contributed by atoms with Crippen molar-refractivity contribution >= 4 is 5.91 Å².